The maximum Gasteiger partial charge on any atom is 0.323 e. The Hall–Kier alpha value is -3.09. The molecule has 0 saturated carbocycles. The van der Waals surface area contributed by atoms with E-state index in [1.807, 2.05) is 24.3 Å². The van der Waals surface area contributed by atoms with Gasteiger partial charge in [-0.3, -0.25) is 0 Å². The van der Waals surface area contributed by atoms with Crippen LogP contribution in [-0.2, 0) is 0 Å². The van der Waals surface area contributed by atoms with Crippen LogP contribution < -0.4 is 29.7 Å². The van der Waals surface area contributed by atoms with Crippen molar-refractivity contribution in [3.63, 3.8) is 0 Å². The van der Waals surface area contributed by atoms with Gasteiger partial charge in [-0.1, -0.05) is 0 Å². The third-order valence-corrected chi connectivity index (χ3v) is 4.18. The number of amides is 2. The van der Waals surface area contributed by atoms with Crippen molar-refractivity contribution in [1.82, 2.24) is 0 Å². The molecule has 0 aliphatic carbocycles. The number of anilines is 3. The quantitative estimate of drug-likeness (QED) is 0.725. The second-order valence-corrected chi connectivity index (χ2v) is 5.71. The lowest BCUT2D eigenvalue weighted by atomic mass is 10.2. The number of rotatable bonds is 8. The van der Waals surface area contributed by atoms with Crippen LogP contribution in [0.5, 0.6) is 17.2 Å². The van der Waals surface area contributed by atoms with Crippen LogP contribution in [0.2, 0.25) is 0 Å². The summed E-state index contributed by atoms with van der Waals surface area (Å²) >= 11 is 0. The molecular weight excluding hydrogens is 346 g/mol. The minimum Gasteiger partial charge on any atom is -0.493 e. The SMILES string of the molecule is CCN(CC)c1ccc(NC(=O)Nc2cc(OC)c(OC)c(OC)c2)cc1. The van der Waals surface area contributed by atoms with Gasteiger partial charge in [0.1, 0.15) is 0 Å². The van der Waals surface area contributed by atoms with E-state index in [0.29, 0.717) is 28.6 Å². The van der Waals surface area contributed by atoms with Crippen molar-refractivity contribution in [2.45, 2.75) is 13.8 Å². The topological polar surface area (TPSA) is 72.1 Å². The molecule has 7 heteroatoms. The summed E-state index contributed by atoms with van der Waals surface area (Å²) < 4.78 is 15.9. The average molecular weight is 373 g/mol. The fourth-order valence-electron chi connectivity index (χ4n) is 2.79. The average Bonchev–Trinajstić information content (AvgIpc) is 2.69. The second-order valence-electron chi connectivity index (χ2n) is 5.71. The molecule has 2 aromatic carbocycles. The van der Waals surface area contributed by atoms with Crippen LogP contribution in [0.25, 0.3) is 0 Å². The summed E-state index contributed by atoms with van der Waals surface area (Å²) in [6, 6.07) is 10.7. The zero-order valence-corrected chi connectivity index (χ0v) is 16.5. The molecule has 0 saturated heterocycles. The van der Waals surface area contributed by atoms with Gasteiger partial charge in [0.15, 0.2) is 11.5 Å². The van der Waals surface area contributed by atoms with Gasteiger partial charge in [0.25, 0.3) is 0 Å². The Balaban J connectivity index is 2.09. The van der Waals surface area contributed by atoms with E-state index >= 15 is 0 Å². The van der Waals surface area contributed by atoms with Crippen LogP contribution >= 0.6 is 0 Å². The highest BCUT2D eigenvalue weighted by molar-refractivity contribution is 6.00. The maximum absolute atomic E-state index is 12.3. The van der Waals surface area contributed by atoms with Gasteiger partial charge < -0.3 is 29.7 Å². The first-order chi connectivity index (χ1) is 13.1. The summed E-state index contributed by atoms with van der Waals surface area (Å²) in [4.78, 5) is 14.6. The first-order valence-corrected chi connectivity index (χ1v) is 8.79. The predicted molar refractivity (Wildman–Crippen MR) is 109 cm³/mol. The number of methoxy groups -OCH3 is 3. The lowest BCUT2D eigenvalue weighted by Crippen LogP contribution is -2.22. The molecule has 2 N–H and O–H groups in total. The summed E-state index contributed by atoms with van der Waals surface area (Å²) in [5.74, 6) is 1.41. The molecule has 0 unspecified atom stereocenters. The van der Waals surface area contributed by atoms with Crippen molar-refractivity contribution in [1.29, 1.82) is 0 Å². The monoisotopic (exact) mass is 373 g/mol. The molecule has 7 nitrogen and oxygen atoms in total. The molecule has 0 heterocycles. The van der Waals surface area contributed by atoms with Gasteiger partial charge in [0.2, 0.25) is 5.75 Å². The summed E-state index contributed by atoms with van der Waals surface area (Å²) in [7, 11) is 4.58. The van der Waals surface area contributed by atoms with Crippen molar-refractivity contribution < 1.29 is 19.0 Å². The Morgan fingerprint density at radius 1 is 0.852 bits per heavy atom. The van der Waals surface area contributed by atoms with Crippen LogP contribution in [0.1, 0.15) is 13.8 Å². The number of hydrogen-bond donors (Lipinski definition) is 2. The fraction of sp³-hybridized carbons (Fsp3) is 0.350. The number of hydrogen-bond acceptors (Lipinski definition) is 5. The highest BCUT2D eigenvalue weighted by Gasteiger charge is 2.14. The van der Waals surface area contributed by atoms with E-state index in [-0.39, 0.29) is 6.03 Å². The van der Waals surface area contributed by atoms with Gasteiger partial charge >= 0.3 is 6.03 Å². The van der Waals surface area contributed by atoms with Gasteiger partial charge in [-0.2, -0.15) is 0 Å². The van der Waals surface area contributed by atoms with Crippen LogP contribution in [0, 0.1) is 0 Å². The van der Waals surface area contributed by atoms with Gasteiger partial charge in [-0.15, -0.1) is 0 Å². The lowest BCUT2D eigenvalue weighted by molar-refractivity contribution is 0.262. The zero-order chi connectivity index (χ0) is 19.8. The number of urea groups is 1. The summed E-state index contributed by atoms with van der Waals surface area (Å²) in [5, 5.41) is 5.59. The Morgan fingerprint density at radius 2 is 1.37 bits per heavy atom. The molecule has 27 heavy (non-hydrogen) atoms. The number of ether oxygens (including phenoxy) is 3. The summed E-state index contributed by atoms with van der Waals surface area (Å²) in [6.07, 6.45) is 0. The molecule has 0 aromatic heterocycles. The lowest BCUT2D eigenvalue weighted by Gasteiger charge is -2.21. The maximum atomic E-state index is 12.3. The normalized spacial score (nSPS) is 10.1. The highest BCUT2D eigenvalue weighted by atomic mass is 16.5. The Kier molecular flexibility index (Phi) is 7.16. The van der Waals surface area contributed by atoms with Gasteiger partial charge in [0, 0.05) is 36.6 Å². The molecule has 0 aliphatic rings. The largest absolute Gasteiger partial charge is 0.493 e. The molecule has 0 spiro atoms. The van der Waals surface area contributed by atoms with Crippen molar-refractivity contribution >= 4 is 23.1 Å². The molecule has 2 aromatic rings. The third-order valence-electron chi connectivity index (χ3n) is 4.18. The van der Waals surface area contributed by atoms with E-state index in [4.69, 9.17) is 14.2 Å². The van der Waals surface area contributed by atoms with Crippen molar-refractivity contribution in [3.05, 3.63) is 36.4 Å². The van der Waals surface area contributed by atoms with E-state index in [9.17, 15) is 4.79 Å². The fourth-order valence-corrected chi connectivity index (χ4v) is 2.79. The molecule has 0 fully saturated rings. The number of carbonyl (C=O) groups excluding carboxylic acids is 1. The van der Waals surface area contributed by atoms with E-state index in [2.05, 4.69) is 29.4 Å². The van der Waals surface area contributed by atoms with Crippen LogP contribution in [0.15, 0.2) is 36.4 Å². The Bertz CT molecular complexity index is 733. The molecule has 2 amide bonds. The predicted octanol–water partition coefficient (Wildman–Crippen LogP) is 4.20. The summed E-state index contributed by atoms with van der Waals surface area (Å²) in [6.45, 7) is 6.09. The second kappa shape index (κ2) is 9.56. The number of nitrogens with zero attached hydrogens (tertiary/aromatic N) is 1. The molecule has 0 aliphatic heterocycles. The Morgan fingerprint density at radius 3 is 1.81 bits per heavy atom. The number of benzene rings is 2. The molecular formula is C20H27N3O4. The Labute approximate surface area is 160 Å². The third kappa shape index (κ3) is 4.97. The molecule has 0 bridgehead atoms. The van der Waals surface area contributed by atoms with Gasteiger partial charge in [-0.25, -0.2) is 4.79 Å². The first kappa shape index (κ1) is 20.2. The first-order valence-electron chi connectivity index (χ1n) is 8.79. The van der Waals surface area contributed by atoms with Crippen LogP contribution in [-0.4, -0.2) is 40.5 Å². The van der Waals surface area contributed by atoms with E-state index in [0.717, 1.165) is 18.8 Å². The number of carbonyl (C=O) groups is 1. The molecule has 146 valence electrons. The van der Waals surface area contributed by atoms with Crippen LogP contribution in [0.3, 0.4) is 0 Å². The van der Waals surface area contributed by atoms with Crippen molar-refractivity contribution in [2.24, 2.45) is 0 Å². The van der Waals surface area contributed by atoms with E-state index in [1.54, 1.807) is 12.1 Å². The van der Waals surface area contributed by atoms with Gasteiger partial charge in [-0.05, 0) is 38.1 Å². The van der Waals surface area contributed by atoms with E-state index < -0.39 is 0 Å². The smallest absolute Gasteiger partial charge is 0.323 e. The zero-order valence-electron chi connectivity index (χ0n) is 16.5. The van der Waals surface area contributed by atoms with E-state index in [1.165, 1.54) is 21.3 Å². The molecule has 0 atom stereocenters. The minimum atomic E-state index is -0.361. The standard InChI is InChI=1S/C20H27N3O4/c1-6-23(7-2)16-10-8-14(9-11-16)21-20(24)22-15-12-17(25-3)19(27-5)18(13-15)26-4/h8-13H,6-7H2,1-5H3,(H2,21,22,24). The van der Waals surface area contributed by atoms with Gasteiger partial charge in [0.05, 0.1) is 27.0 Å². The molecule has 0 radical (unpaired) electrons. The number of nitrogens with one attached hydrogen (secondary N) is 2. The van der Waals surface area contributed by atoms with Crippen molar-refractivity contribution in [2.75, 3.05) is 50.0 Å². The minimum absolute atomic E-state index is 0.361. The summed E-state index contributed by atoms with van der Waals surface area (Å²) in [5.41, 5.74) is 2.35. The van der Waals surface area contributed by atoms with Crippen LogP contribution in [0.4, 0.5) is 21.9 Å². The van der Waals surface area contributed by atoms with Crippen molar-refractivity contribution in [3.8, 4) is 17.2 Å². The molecule has 2 rings (SSSR count). The highest BCUT2D eigenvalue weighted by Crippen LogP contribution is 2.39.